The van der Waals surface area contributed by atoms with Gasteiger partial charge in [-0.1, -0.05) is 0 Å². The largest absolute Gasteiger partial charge is 0.737 e. The quantitative estimate of drug-likeness (QED) is 0.357. The lowest BCUT2D eigenvalue weighted by atomic mass is 10.3. The second-order valence-electron chi connectivity index (χ2n) is 2.90. The Morgan fingerprint density at radius 3 is 1.64 bits per heavy atom. The number of hydrazine groups is 1. The van der Waals surface area contributed by atoms with E-state index in [1.54, 1.807) is 0 Å². The predicted octanol–water partition coefficient (Wildman–Crippen LogP) is 1.48. The molecule has 66 valence electrons. The lowest BCUT2D eigenvalue weighted by Gasteiger charge is -2.26. The molecule has 0 aliphatic carbocycles. The Bertz CT molecular complexity index is 137. The number of nitrogens with zero attached hydrogens (tertiary/aromatic N) is 3. The summed E-state index contributed by atoms with van der Waals surface area (Å²) in [5, 5.41) is 24.3. The molecule has 0 fully saturated rings. The van der Waals surface area contributed by atoms with Crippen molar-refractivity contribution in [3.05, 3.63) is 10.4 Å². The molecule has 0 aromatic rings. The average Bonchev–Trinajstić information content (AvgIpc) is 1.85. The summed E-state index contributed by atoms with van der Waals surface area (Å²) in [5.41, 5.74) is 0. The Labute approximate surface area is 66.4 Å². The molecule has 0 amide bonds. The van der Waals surface area contributed by atoms with E-state index in [-0.39, 0.29) is 17.1 Å². The fraction of sp³-hybridized carbons (Fsp3) is 1.00. The van der Waals surface area contributed by atoms with E-state index >= 15 is 0 Å². The molecule has 5 nitrogen and oxygen atoms in total. The molecule has 0 unspecified atom stereocenters. The summed E-state index contributed by atoms with van der Waals surface area (Å²) in [6, 6.07) is -0.0181. The van der Waals surface area contributed by atoms with E-state index in [1.807, 2.05) is 27.7 Å². The van der Waals surface area contributed by atoms with Gasteiger partial charge in [0.25, 0.3) is 0 Å². The minimum Gasteiger partial charge on any atom is -0.737 e. The molecule has 0 aliphatic heterocycles. The Kier molecular flexibility index (Phi) is 3.64. The summed E-state index contributed by atoms with van der Waals surface area (Å²) in [6.07, 6.45) is 0. The lowest BCUT2D eigenvalue weighted by molar-refractivity contribution is -0.704. The molecular formula is C6H14N3O2-. The first kappa shape index (κ1) is 10.0. The van der Waals surface area contributed by atoms with Gasteiger partial charge < -0.3 is 10.4 Å². The van der Waals surface area contributed by atoms with Gasteiger partial charge in [0.1, 0.15) is 0 Å². The van der Waals surface area contributed by atoms with Crippen LogP contribution in [0.4, 0.5) is 0 Å². The third-order valence-corrected chi connectivity index (χ3v) is 1.33. The van der Waals surface area contributed by atoms with Crippen LogP contribution in [0, 0.1) is 10.4 Å². The van der Waals surface area contributed by atoms with E-state index < -0.39 is 0 Å². The third kappa shape index (κ3) is 2.61. The minimum atomic E-state index is -0.00907. The Morgan fingerprint density at radius 1 is 1.18 bits per heavy atom. The summed E-state index contributed by atoms with van der Waals surface area (Å²) in [5.74, 6) is 0. The molecule has 0 saturated heterocycles. The topological polar surface area (TPSA) is 64.7 Å². The Balaban J connectivity index is 4.35. The van der Waals surface area contributed by atoms with E-state index in [0.717, 1.165) is 0 Å². The van der Waals surface area contributed by atoms with E-state index in [9.17, 15) is 10.4 Å². The predicted molar refractivity (Wildman–Crippen MR) is 41.5 cm³/mol. The Hall–Kier alpha value is -1.00. The van der Waals surface area contributed by atoms with Crippen molar-refractivity contribution in [2.24, 2.45) is 5.28 Å². The van der Waals surface area contributed by atoms with Gasteiger partial charge in [0, 0.05) is 4.97 Å². The van der Waals surface area contributed by atoms with Crippen LogP contribution < -0.4 is 0 Å². The van der Waals surface area contributed by atoms with Gasteiger partial charge in [0.2, 0.25) is 0 Å². The first-order valence-electron chi connectivity index (χ1n) is 3.59. The van der Waals surface area contributed by atoms with Gasteiger partial charge in [-0.25, -0.2) is 0 Å². The maximum absolute atomic E-state index is 10.8. The summed E-state index contributed by atoms with van der Waals surface area (Å²) in [6.45, 7) is 7.32. The van der Waals surface area contributed by atoms with Crippen LogP contribution in [0.15, 0.2) is 5.28 Å². The number of rotatable bonds is 3. The SMILES string of the molecule is CC(C)N(C(C)C)/[N+]([O-])=N\[O-]. The fourth-order valence-corrected chi connectivity index (χ4v) is 1.03. The highest BCUT2D eigenvalue weighted by Crippen LogP contribution is 2.04. The first-order valence-corrected chi connectivity index (χ1v) is 3.59. The molecule has 0 radical (unpaired) electrons. The van der Waals surface area contributed by atoms with Crippen LogP contribution in [0.3, 0.4) is 0 Å². The average molecular weight is 160 g/mol. The molecule has 0 heterocycles. The van der Waals surface area contributed by atoms with Crippen molar-refractivity contribution >= 4 is 0 Å². The summed E-state index contributed by atoms with van der Waals surface area (Å²) >= 11 is 0. The molecule has 0 aromatic carbocycles. The maximum Gasteiger partial charge on any atom is 0.0823 e. The van der Waals surface area contributed by atoms with E-state index in [0.29, 0.717) is 0 Å². The summed E-state index contributed by atoms with van der Waals surface area (Å²) in [4.78, 5) is 0.0926. The molecular weight excluding hydrogens is 146 g/mol. The number of hydrogen-bond acceptors (Lipinski definition) is 3. The highest BCUT2D eigenvalue weighted by atomic mass is 16.6. The van der Waals surface area contributed by atoms with Gasteiger partial charge in [-0.15, -0.1) is 5.01 Å². The molecule has 0 rings (SSSR count). The van der Waals surface area contributed by atoms with Crippen LogP contribution in [0.2, 0.25) is 0 Å². The van der Waals surface area contributed by atoms with Crippen molar-refractivity contribution in [2.45, 2.75) is 39.8 Å². The maximum atomic E-state index is 10.8. The number of hydrogen-bond donors (Lipinski definition) is 0. The zero-order valence-electron chi connectivity index (χ0n) is 7.31. The van der Waals surface area contributed by atoms with Gasteiger partial charge in [-0.2, -0.15) is 0 Å². The molecule has 0 atom stereocenters. The van der Waals surface area contributed by atoms with Crippen molar-refractivity contribution in [3.8, 4) is 0 Å². The fourth-order valence-electron chi connectivity index (χ4n) is 1.03. The smallest absolute Gasteiger partial charge is 0.0823 e. The zero-order valence-corrected chi connectivity index (χ0v) is 7.31. The molecule has 0 saturated carbocycles. The molecule has 0 aliphatic rings. The van der Waals surface area contributed by atoms with Crippen molar-refractivity contribution in [1.82, 2.24) is 5.01 Å². The molecule has 11 heavy (non-hydrogen) atoms. The van der Waals surface area contributed by atoms with Gasteiger partial charge in [-0.3, -0.25) is 0 Å². The highest BCUT2D eigenvalue weighted by Gasteiger charge is 2.19. The molecule has 0 bridgehead atoms. The van der Waals surface area contributed by atoms with Crippen LogP contribution in [0.25, 0.3) is 0 Å². The van der Waals surface area contributed by atoms with Gasteiger partial charge in [-0.05, 0) is 33.0 Å². The van der Waals surface area contributed by atoms with Crippen LogP contribution in [0.5, 0.6) is 0 Å². The van der Waals surface area contributed by atoms with Crippen molar-refractivity contribution in [1.29, 1.82) is 0 Å². The van der Waals surface area contributed by atoms with Crippen molar-refractivity contribution in [3.63, 3.8) is 0 Å². The summed E-state index contributed by atoms with van der Waals surface area (Å²) < 4.78 is 0. The highest BCUT2D eigenvalue weighted by molar-refractivity contribution is 4.55. The lowest BCUT2D eigenvalue weighted by Crippen LogP contribution is -2.41. The first-order chi connectivity index (χ1) is 5.00. The third-order valence-electron chi connectivity index (χ3n) is 1.33. The zero-order chi connectivity index (χ0) is 9.02. The second kappa shape index (κ2) is 4.00. The molecule has 0 aromatic heterocycles. The molecule has 0 spiro atoms. The monoisotopic (exact) mass is 160 g/mol. The van der Waals surface area contributed by atoms with Crippen LogP contribution in [-0.2, 0) is 0 Å². The van der Waals surface area contributed by atoms with E-state index in [4.69, 9.17) is 0 Å². The van der Waals surface area contributed by atoms with Crippen molar-refractivity contribution in [2.75, 3.05) is 0 Å². The van der Waals surface area contributed by atoms with E-state index in [1.165, 1.54) is 5.01 Å². The van der Waals surface area contributed by atoms with Crippen LogP contribution >= 0.6 is 0 Å². The van der Waals surface area contributed by atoms with Gasteiger partial charge in [0.05, 0.1) is 12.1 Å². The normalized spacial score (nSPS) is 12.7. The molecule has 5 heteroatoms. The van der Waals surface area contributed by atoms with Crippen LogP contribution in [-0.4, -0.2) is 22.1 Å². The van der Waals surface area contributed by atoms with Gasteiger partial charge >= 0.3 is 0 Å². The molecule has 0 N–H and O–H groups in total. The van der Waals surface area contributed by atoms with Crippen LogP contribution in [0.1, 0.15) is 27.7 Å². The second-order valence-corrected chi connectivity index (χ2v) is 2.90. The Morgan fingerprint density at radius 2 is 1.55 bits per heavy atom. The minimum absolute atomic E-state index is 0.00907. The summed E-state index contributed by atoms with van der Waals surface area (Å²) in [7, 11) is 0. The van der Waals surface area contributed by atoms with Crippen molar-refractivity contribution < 1.29 is 4.97 Å². The standard InChI is InChI=1S/C6H15N3O2/c1-5(2)8(6(3)4)9(11)7-10/h5-6,10H,1-4H3/p-1/b9-7+. The van der Waals surface area contributed by atoms with Gasteiger partial charge in [0.15, 0.2) is 0 Å². The van der Waals surface area contributed by atoms with E-state index in [2.05, 4.69) is 5.28 Å².